The van der Waals surface area contributed by atoms with Gasteiger partial charge in [-0.15, -0.1) is 5.10 Å². The molecule has 9 heteroatoms. The van der Waals surface area contributed by atoms with Crippen molar-refractivity contribution in [3.8, 4) is 5.75 Å². The Morgan fingerprint density at radius 3 is 2.76 bits per heavy atom. The van der Waals surface area contributed by atoms with E-state index >= 15 is 0 Å². The maximum Gasteiger partial charge on any atom is 0.240 e. The molecule has 1 saturated heterocycles. The molecule has 3 rings (SSSR count). The normalized spacial score (nSPS) is 17.9. The SMILES string of the molecule is COc1cccc(NC(=O)CC2S/C(=N/N=C(\C)c3ccc(F)cc3)NC2=O)c1. The van der Waals surface area contributed by atoms with Crippen molar-refractivity contribution in [2.75, 3.05) is 12.4 Å². The van der Waals surface area contributed by atoms with Crippen molar-refractivity contribution in [1.29, 1.82) is 0 Å². The van der Waals surface area contributed by atoms with Gasteiger partial charge in [0.1, 0.15) is 16.8 Å². The number of amides is 2. The molecule has 2 amide bonds. The molecule has 1 heterocycles. The Bertz CT molecular complexity index is 976. The van der Waals surface area contributed by atoms with E-state index in [1.165, 1.54) is 12.1 Å². The molecule has 0 aliphatic carbocycles. The van der Waals surface area contributed by atoms with E-state index in [4.69, 9.17) is 4.74 Å². The zero-order valence-electron chi connectivity index (χ0n) is 15.8. The number of hydrogen-bond acceptors (Lipinski definition) is 6. The van der Waals surface area contributed by atoms with E-state index in [-0.39, 0.29) is 24.1 Å². The van der Waals surface area contributed by atoms with E-state index in [0.717, 1.165) is 17.3 Å². The van der Waals surface area contributed by atoms with Crippen LogP contribution in [0.2, 0.25) is 0 Å². The molecular formula is C20H19FN4O3S. The van der Waals surface area contributed by atoms with Crippen molar-refractivity contribution in [2.24, 2.45) is 10.2 Å². The van der Waals surface area contributed by atoms with Gasteiger partial charge < -0.3 is 15.4 Å². The fourth-order valence-electron chi connectivity index (χ4n) is 2.54. The van der Waals surface area contributed by atoms with Gasteiger partial charge in [-0.05, 0) is 36.8 Å². The number of halogens is 1. The summed E-state index contributed by atoms with van der Waals surface area (Å²) >= 11 is 1.14. The molecule has 1 aliphatic heterocycles. The van der Waals surface area contributed by atoms with Crippen molar-refractivity contribution in [3.63, 3.8) is 0 Å². The molecule has 1 fully saturated rings. The van der Waals surface area contributed by atoms with Gasteiger partial charge in [-0.2, -0.15) is 5.10 Å². The highest BCUT2D eigenvalue weighted by molar-refractivity contribution is 8.15. The molecule has 0 radical (unpaired) electrons. The number of methoxy groups -OCH3 is 1. The first-order valence-electron chi connectivity index (χ1n) is 8.74. The monoisotopic (exact) mass is 414 g/mol. The Hall–Kier alpha value is -3.20. The Labute approximate surface area is 171 Å². The number of nitrogens with zero attached hydrogens (tertiary/aromatic N) is 2. The summed E-state index contributed by atoms with van der Waals surface area (Å²) in [6, 6.07) is 12.8. The molecule has 150 valence electrons. The van der Waals surface area contributed by atoms with Gasteiger partial charge in [-0.1, -0.05) is 30.0 Å². The number of anilines is 1. The summed E-state index contributed by atoms with van der Waals surface area (Å²) in [4.78, 5) is 24.4. The van der Waals surface area contributed by atoms with Crippen molar-refractivity contribution in [3.05, 3.63) is 59.9 Å². The van der Waals surface area contributed by atoms with Crippen molar-refractivity contribution >= 4 is 40.1 Å². The molecule has 2 aromatic rings. The van der Waals surface area contributed by atoms with Crippen molar-refractivity contribution < 1.29 is 18.7 Å². The van der Waals surface area contributed by atoms with Crippen LogP contribution in [-0.4, -0.2) is 35.1 Å². The zero-order chi connectivity index (χ0) is 20.8. The van der Waals surface area contributed by atoms with E-state index in [2.05, 4.69) is 20.8 Å². The van der Waals surface area contributed by atoms with Crippen LogP contribution in [0.5, 0.6) is 5.75 Å². The summed E-state index contributed by atoms with van der Waals surface area (Å²) in [6.45, 7) is 1.73. The Morgan fingerprint density at radius 1 is 1.28 bits per heavy atom. The first kappa shape index (κ1) is 20.5. The molecule has 2 aromatic carbocycles. The van der Waals surface area contributed by atoms with Crippen LogP contribution >= 0.6 is 11.8 Å². The molecule has 0 spiro atoms. The predicted molar refractivity (Wildman–Crippen MR) is 112 cm³/mol. The molecule has 2 N–H and O–H groups in total. The highest BCUT2D eigenvalue weighted by Gasteiger charge is 2.32. The lowest BCUT2D eigenvalue weighted by Gasteiger charge is -2.08. The minimum Gasteiger partial charge on any atom is -0.497 e. The summed E-state index contributed by atoms with van der Waals surface area (Å²) < 4.78 is 18.1. The Kier molecular flexibility index (Phi) is 6.61. The van der Waals surface area contributed by atoms with E-state index in [0.29, 0.717) is 22.3 Å². The number of ether oxygens (including phenoxy) is 1. The predicted octanol–water partition coefficient (Wildman–Crippen LogP) is 3.17. The number of thioether (sulfide) groups is 1. The molecule has 0 saturated carbocycles. The second kappa shape index (κ2) is 9.33. The minimum atomic E-state index is -0.597. The second-order valence-corrected chi connectivity index (χ2v) is 7.37. The third kappa shape index (κ3) is 5.64. The molecular weight excluding hydrogens is 395 g/mol. The summed E-state index contributed by atoms with van der Waals surface area (Å²) in [7, 11) is 1.54. The topological polar surface area (TPSA) is 92.2 Å². The Morgan fingerprint density at radius 2 is 2.03 bits per heavy atom. The van der Waals surface area contributed by atoms with Gasteiger partial charge in [-0.3, -0.25) is 9.59 Å². The van der Waals surface area contributed by atoms with E-state index in [1.807, 2.05) is 0 Å². The second-order valence-electron chi connectivity index (χ2n) is 6.18. The van der Waals surface area contributed by atoms with Gasteiger partial charge in [0.25, 0.3) is 0 Å². The van der Waals surface area contributed by atoms with Crippen molar-refractivity contribution in [1.82, 2.24) is 5.32 Å². The lowest BCUT2D eigenvalue weighted by atomic mass is 10.1. The van der Waals surface area contributed by atoms with Gasteiger partial charge in [0.15, 0.2) is 5.17 Å². The maximum absolute atomic E-state index is 13.0. The smallest absolute Gasteiger partial charge is 0.240 e. The van der Waals surface area contributed by atoms with Gasteiger partial charge in [0, 0.05) is 18.2 Å². The Balaban J connectivity index is 1.59. The van der Waals surface area contributed by atoms with Crippen LogP contribution in [0.1, 0.15) is 18.9 Å². The summed E-state index contributed by atoms with van der Waals surface area (Å²) in [5.74, 6) is -0.302. The fraction of sp³-hybridized carbons (Fsp3) is 0.200. The number of benzene rings is 2. The van der Waals surface area contributed by atoms with Gasteiger partial charge in [0.2, 0.25) is 11.8 Å². The van der Waals surface area contributed by atoms with E-state index in [1.54, 1.807) is 50.4 Å². The number of nitrogens with one attached hydrogen (secondary N) is 2. The average Bonchev–Trinajstić information content (AvgIpc) is 3.06. The van der Waals surface area contributed by atoms with Crippen LogP contribution in [0.25, 0.3) is 0 Å². The number of rotatable bonds is 6. The number of amidine groups is 1. The highest BCUT2D eigenvalue weighted by Crippen LogP contribution is 2.24. The summed E-state index contributed by atoms with van der Waals surface area (Å²) in [5, 5.41) is 13.2. The number of hydrogen-bond donors (Lipinski definition) is 2. The molecule has 1 unspecified atom stereocenters. The number of carbonyl (C=O) groups is 2. The largest absolute Gasteiger partial charge is 0.497 e. The maximum atomic E-state index is 13.0. The van der Waals surface area contributed by atoms with Crippen LogP contribution in [0.15, 0.2) is 58.7 Å². The summed E-state index contributed by atoms with van der Waals surface area (Å²) in [6.07, 6.45) is -0.00656. The van der Waals surface area contributed by atoms with Crippen LogP contribution in [0, 0.1) is 5.82 Å². The third-order valence-electron chi connectivity index (χ3n) is 4.05. The zero-order valence-corrected chi connectivity index (χ0v) is 16.6. The van der Waals surface area contributed by atoms with Crippen molar-refractivity contribution in [2.45, 2.75) is 18.6 Å². The quantitative estimate of drug-likeness (QED) is 0.561. The first-order valence-corrected chi connectivity index (χ1v) is 9.62. The standard InChI is InChI=1S/C20H19FN4O3S/c1-12(13-6-8-14(21)9-7-13)24-25-20-23-19(27)17(29-20)11-18(26)22-15-4-3-5-16(10-15)28-2/h3-10,17H,11H2,1-2H3,(H,22,26)(H,23,25,27)/b24-12+. The molecule has 7 nitrogen and oxygen atoms in total. The van der Waals surface area contributed by atoms with Gasteiger partial charge in [-0.25, -0.2) is 4.39 Å². The fourth-order valence-corrected chi connectivity index (χ4v) is 3.45. The third-order valence-corrected chi connectivity index (χ3v) is 5.13. The van der Waals surface area contributed by atoms with Crippen LogP contribution in [0.4, 0.5) is 10.1 Å². The summed E-state index contributed by atoms with van der Waals surface area (Å²) in [5.41, 5.74) is 1.89. The lowest BCUT2D eigenvalue weighted by Crippen LogP contribution is -2.28. The van der Waals surface area contributed by atoms with Gasteiger partial charge in [0.05, 0.1) is 12.8 Å². The van der Waals surface area contributed by atoms with E-state index in [9.17, 15) is 14.0 Å². The molecule has 0 bridgehead atoms. The average molecular weight is 414 g/mol. The van der Waals surface area contributed by atoms with Gasteiger partial charge >= 0.3 is 0 Å². The van der Waals surface area contributed by atoms with Crippen LogP contribution in [-0.2, 0) is 9.59 Å². The van der Waals surface area contributed by atoms with Crippen LogP contribution in [0.3, 0.4) is 0 Å². The molecule has 29 heavy (non-hydrogen) atoms. The molecule has 1 aliphatic rings. The molecule has 0 aromatic heterocycles. The number of carbonyl (C=O) groups excluding carboxylic acids is 2. The van der Waals surface area contributed by atoms with Crippen LogP contribution < -0.4 is 15.4 Å². The highest BCUT2D eigenvalue weighted by atomic mass is 32.2. The van der Waals surface area contributed by atoms with E-state index < -0.39 is 5.25 Å². The first-order chi connectivity index (χ1) is 13.9. The minimum absolute atomic E-state index is 0.00656. The lowest BCUT2D eigenvalue weighted by molar-refractivity contribution is -0.122. The molecule has 1 atom stereocenters.